The Morgan fingerprint density at radius 1 is 1.21 bits per heavy atom. The van der Waals surface area contributed by atoms with Crippen molar-refractivity contribution in [3.8, 4) is 5.75 Å². The van der Waals surface area contributed by atoms with E-state index in [9.17, 15) is 4.79 Å². The lowest BCUT2D eigenvalue weighted by Gasteiger charge is -2.29. The molecule has 0 atom stereocenters. The minimum Gasteiger partial charge on any atom is -0.490 e. The highest BCUT2D eigenvalue weighted by atomic mass is 16.5. The monoisotopic (exact) mass is 379 g/mol. The number of benzene rings is 1. The Kier molecular flexibility index (Phi) is 5.28. The van der Waals surface area contributed by atoms with E-state index >= 15 is 0 Å². The van der Waals surface area contributed by atoms with Crippen LogP contribution < -0.4 is 10.1 Å². The number of oxazole rings is 1. The molecule has 1 fully saturated rings. The molecule has 1 aromatic carbocycles. The largest absolute Gasteiger partial charge is 0.490 e. The van der Waals surface area contributed by atoms with Crippen molar-refractivity contribution in [3.05, 3.63) is 54.5 Å². The predicted octanol–water partition coefficient (Wildman–Crippen LogP) is 4.47. The maximum atomic E-state index is 12.5. The van der Waals surface area contributed by atoms with Gasteiger partial charge in [0.15, 0.2) is 12.1 Å². The lowest BCUT2D eigenvalue weighted by Crippen LogP contribution is -2.40. The molecule has 1 aliphatic rings. The van der Waals surface area contributed by atoms with Gasteiger partial charge in [-0.15, -0.1) is 0 Å². The van der Waals surface area contributed by atoms with Gasteiger partial charge in [0.05, 0.1) is 6.10 Å². The number of hydrogen-bond acceptors (Lipinski definition) is 5. The van der Waals surface area contributed by atoms with Gasteiger partial charge in [0.25, 0.3) is 5.91 Å². The van der Waals surface area contributed by atoms with Crippen molar-refractivity contribution >= 4 is 16.7 Å². The van der Waals surface area contributed by atoms with Crippen LogP contribution in [-0.2, 0) is 0 Å². The molecule has 1 amide bonds. The Morgan fingerprint density at radius 2 is 2.04 bits per heavy atom. The number of fused-ring (bicyclic) bond motifs is 1. The maximum absolute atomic E-state index is 12.5. The summed E-state index contributed by atoms with van der Waals surface area (Å²) in [6.07, 6.45) is 8.72. The number of aromatic nitrogens is 2. The van der Waals surface area contributed by atoms with Crippen LogP contribution in [0.3, 0.4) is 0 Å². The first kappa shape index (κ1) is 18.5. The molecule has 2 heterocycles. The number of pyridine rings is 1. The molecule has 6 heteroatoms. The Morgan fingerprint density at radius 3 is 2.82 bits per heavy atom. The van der Waals surface area contributed by atoms with Gasteiger partial charge in [-0.2, -0.15) is 0 Å². The molecule has 0 bridgehead atoms. The Labute approximate surface area is 164 Å². The maximum Gasteiger partial charge on any atom is 0.273 e. The second-order valence-electron chi connectivity index (χ2n) is 7.64. The van der Waals surface area contributed by atoms with Crippen LogP contribution >= 0.6 is 0 Å². The number of nitrogens with zero attached hydrogens (tertiary/aromatic N) is 2. The van der Waals surface area contributed by atoms with Crippen LogP contribution in [0.5, 0.6) is 5.75 Å². The van der Waals surface area contributed by atoms with Crippen molar-refractivity contribution in [2.24, 2.45) is 0 Å². The Hall–Kier alpha value is -2.89. The van der Waals surface area contributed by atoms with Gasteiger partial charge in [-0.3, -0.25) is 9.78 Å². The van der Waals surface area contributed by atoms with Crippen molar-refractivity contribution in [1.29, 1.82) is 0 Å². The first-order valence-electron chi connectivity index (χ1n) is 9.85. The van der Waals surface area contributed by atoms with Crippen LogP contribution in [0.15, 0.2) is 47.5 Å². The minimum absolute atomic E-state index is 0.128. The van der Waals surface area contributed by atoms with Gasteiger partial charge in [0.2, 0.25) is 0 Å². The van der Waals surface area contributed by atoms with Gasteiger partial charge in [-0.25, -0.2) is 4.98 Å². The van der Waals surface area contributed by atoms with Crippen LogP contribution in [-0.4, -0.2) is 28.0 Å². The number of rotatable bonds is 5. The summed E-state index contributed by atoms with van der Waals surface area (Å²) in [5.41, 5.74) is 0.401. The highest BCUT2D eigenvalue weighted by Crippen LogP contribution is 2.29. The van der Waals surface area contributed by atoms with Crippen molar-refractivity contribution < 1.29 is 13.9 Å². The zero-order valence-electron chi connectivity index (χ0n) is 16.2. The molecule has 1 aliphatic carbocycles. The van der Waals surface area contributed by atoms with Crippen molar-refractivity contribution in [2.75, 3.05) is 0 Å². The van der Waals surface area contributed by atoms with Gasteiger partial charge in [-0.1, -0.05) is 26.0 Å². The normalized spacial score (nSPS) is 19.7. The molecule has 2 aromatic heterocycles. The smallest absolute Gasteiger partial charge is 0.273 e. The minimum atomic E-state index is -0.150. The van der Waals surface area contributed by atoms with E-state index in [0.717, 1.165) is 42.2 Å². The van der Waals surface area contributed by atoms with E-state index in [4.69, 9.17) is 9.15 Å². The molecule has 0 saturated heterocycles. The van der Waals surface area contributed by atoms with E-state index in [1.165, 1.54) is 6.39 Å². The summed E-state index contributed by atoms with van der Waals surface area (Å²) in [4.78, 5) is 20.8. The van der Waals surface area contributed by atoms with Crippen LogP contribution in [0.25, 0.3) is 10.8 Å². The third-order valence-electron chi connectivity index (χ3n) is 5.28. The molecule has 0 unspecified atom stereocenters. The van der Waals surface area contributed by atoms with Crippen LogP contribution in [0.1, 0.15) is 61.7 Å². The summed E-state index contributed by atoms with van der Waals surface area (Å²) >= 11 is 0. The average molecular weight is 379 g/mol. The molecule has 1 saturated carbocycles. The summed E-state index contributed by atoms with van der Waals surface area (Å²) in [7, 11) is 0. The van der Waals surface area contributed by atoms with E-state index in [-0.39, 0.29) is 24.0 Å². The number of amides is 1. The third kappa shape index (κ3) is 3.86. The molecule has 0 spiro atoms. The molecule has 0 radical (unpaired) electrons. The standard InChI is InChI=1S/C22H25N3O3/c1-14(2)21-20(24-13-27-21)22(26)25-16-6-8-17(9-7-16)28-19-5-3-4-15-12-23-11-10-18(15)19/h3-5,10-14,16-17H,6-9H2,1-2H3,(H,25,26). The molecule has 28 heavy (non-hydrogen) atoms. The number of carbonyl (C=O) groups is 1. The summed E-state index contributed by atoms with van der Waals surface area (Å²) in [6, 6.07) is 8.17. The number of hydrogen-bond donors (Lipinski definition) is 1. The average Bonchev–Trinajstić information content (AvgIpc) is 3.20. The SMILES string of the molecule is CC(C)c1ocnc1C(=O)NC1CCC(Oc2cccc3cnccc23)CC1. The Bertz CT molecular complexity index is 953. The summed E-state index contributed by atoms with van der Waals surface area (Å²) in [6.45, 7) is 3.98. The van der Waals surface area contributed by atoms with Gasteiger partial charge in [-0.05, 0) is 37.8 Å². The van der Waals surface area contributed by atoms with Crippen LogP contribution in [0.4, 0.5) is 0 Å². The number of ether oxygens (including phenoxy) is 1. The predicted molar refractivity (Wildman–Crippen MR) is 106 cm³/mol. The van der Waals surface area contributed by atoms with Gasteiger partial charge < -0.3 is 14.5 Å². The van der Waals surface area contributed by atoms with Gasteiger partial charge >= 0.3 is 0 Å². The van der Waals surface area contributed by atoms with Crippen LogP contribution in [0.2, 0.25) is 0 Å². The molecule has 0 aliphatic heterocycles. The van der Waals surface area contributed by atoms with E-state index in [0.29, 0.717) is 11.5 Å². The third-order valence-corrected chi connectivity index (χ3v) is 5.28. The summed E-state index contributed by atoms with van der Waals surface area (Å²) < 4.78 is 11.6. The molecular weight excluding hydrogens is 354 g/mol. The molecule has 6 nitrogen and oxygen atoms in total. The van der Waals surface area contributed by atoms with E-state index in [1.807, 2.05) is 44.3 Å². The van der Waals surface area contributed by atoms with Crippen molar-refractivity contribution in [1.82, 2.24) is 15.3 Å². The zero-order valence-corrected chi connectivity index (χ0v) is 16.2. The highest BCUT2D eigenvalue weighted by Gasteiger charge is 2.26. The first-order valence-corrected chi connectivity index (χ1v) is 9.85. The lowest BCUT2D eigenvalue weighted by molar-refractivity contribution is 0.0888. The summed E-state index contributed by atoms with van der Waals surface area (Å²) in [5.74, 6) is 1.52. The molecule has 1 N–H and O–H groups in total. The van der Waals surface area contributed by atoms with E-state index < -0.39 is 0 Å². The fourth-order valence-electron chi connectivity index (χ4n) is 3.79. The fraction of sp³-hybridized carbons (Fsp3) is 0.409. The number of nitrogens with one attached hydrogen (secondary N) is 1. The van der Waals surface area contributed by atoms with Crippen molar-refractivity contribution in [2.45, 2.75) is 57.6 Å². The van der Waals surface area contributed by atoms with Crippen LogP contribution in [0, 0.1) is 0 Å². The zero-order chi connectivity index (χ0) is 19.5. The Balaban J connectivity index is 1.34. The molecule has 146 valence electrons. The molecule has 3 aromatic rings. The molecular formula is C22H25N3O3. The first-order chi connectivity index (χ1) is 13.6. The fourth-order valence-corrected chi connectivity index (χ4v) is 3.79. The van der Waals surface area contributed by atoms with Crippen molar-refractivity contribution in [3.63, 3.8) is 0 Å². The quantitative estimate of drug-likeness (QED) is 0.708. The second kappa shape index (κ2) is 8.00. The highest BCUT2D eigenvalue weighted by molar-refractivity contribution is 5.93. The second-order valence-corrected chi connectivity index (χ2v) is 7.64. The topological polar surface area (TPSA) is 77.2 Å². The van der Waals surface area contributed by atoms with Gasteiger partial charge in [0, 0.05) is 35.1 Å². The van der Waals surface area contributed by atoms with E-state index in [1.54, 1.807) is 6.20 Å². The lowest BCUT2D eigenvalue weighted by atomic mass is 9.92. The summed E-state index contributed by atoms with van der Waals surface area (Å²) in [5, 5.41) is 5.27. The number of carbonyl (C=O) groups excluding carboxylic acids is 1. The van der Waals surface area contributed by atoms with E-state index in [2.05, 4.69) is 15.3 Å². The van der Waals surface area contributed by atoms with Gasteiger partial charge in [0.1, 0.15) is 11.5 Å². The molecule has 4 rings (SSSR count).